The van der Waals surface area contributed by atoms with E-state index in [-0.39, 0.29) is 0 Å². The lowest BCUT2D eigenvalue weighted by molar-refractivity contribution is 0.112. The quantitative estimate of drug-likeness (QED) is 0.733. The normalized spacial score (nSPS) is 10.4. The van der Waals surface area contributed by atoms with Crippen LogP contribution in [0.15, 0.2) is 49.1 Å². The summed E-state index contributed by atoms with van der Waals surface area (Å²) in [6.07, 6.45) is 5.86. The number of aldehydes is 1. The van der Waals surface area contributed by atoms with Crippen molar-refractivity contribution in [1.82, 2.24) is 15.0 Å². The van der Waals surface area contributed by atoms with Crippen LogP contribution in [0.4, 0.5) is 5.82 Å². The molecule has 0 amide bonds. The van der Waals surface area contributed by atoms with E-state index in [1.165, 1.54) is 6.33 Å². The van der Waals surface area contributed by atoms with Crippen LogP contribution in [0.25, 0.3) is 10.9 Å². The fraction of sp³-hybridized carbons (Fsp3) is 0.0667. The molecule has 1 aromatic carbocycles. The molecule has 5 nitrogen and oxygen atoms in total. The maximum Gasteiger partial charge on any atom is 0.150 e. The van der Waals surface area contributed by atoms with Gasteiger partial charge in [0.05, 0.1) is 5.52 Å². The molecule has 0 aliphatic carbocycles. The van der Waals surface area contributed by atoms with Gasteiger partial charge in [-0.2, -0.15) is 0 Å². The highest BCUT2D eigenvalue weighted by Crippen LogP contribution is 2.20. The minimum atomic E-state index is 0.608. The largest absolute Gasteiger partial charge is 0.365 e. The van der Waals surface area contributed by atoms with Crippen LogP contribution >= 0.6 is 0 Å². The van der Waals surface area contributed by atoms with Crippen molar-refractivity contribution in [3.05, 3.63) is 60.2 Å². The van der Waals surface area contributed by atoms with Crippen molar-refractivity contribution >= 4 is 23.0 Å². The average molecular weight is 264 g/mol. The van der Waals surface area contributed by atoms with Gasteiger partial charge < -0.3 is 5.32 Å². The van der Waals surface area contributed by atoms with E-state index in [9.17, 15) is 4.79 Å². The molecule has 3 aromatic rings. The molecule has 0 aliphatic rings. The summed E-state index contributed by atoms with van der Waals surface area (Å²) in [5.74, 6) is 0.711. The third-order valence-corrected chi connectivity index (χ3v) is 2.98. The second kappa shape index (κ2) is 5.44. The Labute approximate surface area is 115 Å². The summed E-state index contributed by atoms with van der Waals surface area (Å²) in [7, 11) is 0. The molecule has 1 N–H and O–H groups in total. The number of benzene rings is 1. The lowest BCUT2D eigenvalue weighted by atomic mass is 10.1. The molecular formula is C15H12N4O. The molecule has 0 radical (unpaired) electrons. The van der Waals surface area contributed by atoms with Gasteiger partial charge in [-0.3, -0.25) is 9.78 Å². The summed E-state index contributed by atoms with van der Waals surface area (Å²) in [4.78, 5) is 23.4. The number of hydrogen-bond acceptors (Lipinski definition) is 5. The Morgan fingerprint density at radius 3 is 2.95 bits per heavy atom. The smallest absolute Gasteiger partial charge is 0.150 e. The summed E-state index contributed by atoms with van der Waals surface area (Å²) in [5.41, 5.74) is 2.47. The molecule has 0 unspecified atom stereocenters. The zero-order chi connectivity index (χ0) is 13.8. The van der Waals surface area contributed by atoms with Crippen LogP contribution in [0.5, 0.6) is 0 Å². The van der Waals surface area contributed by atoms with Crippen LogP contribution in [0.3, 0.4) is 0 Å². The summed E-state index contributed by atoms with van der Waals surface area (Å²) in [6, 6.07) is 9.22. The fourth-order valence-electron chi connectivity index (χ4n) is 1.98. The van der Waals surface area contributed by atoms with Crippen LogP contribution in [0.1, 0.15) is 15.9 Å². The van der Waals surface area contributed by atoms with Crippen molar-refractivity contribution in [3.8, 4) is 0 Å². The zero-order valence-corrected chi connectivity index (χ0v) is 10.7. The Morgan fingerprint density at radius 1 is 1.20 bits per heavy atom. The van der Waals surface area contributed by atoms with Crippen LogP contribution in [-0.4, -0.2) is 21.2 Å². The van der Waals surface area contributed by atoms with Crippen molar-refractivity contribution in [1.29, 1.82) is 0 Å². The molecule has 98 valence electrons. The van der Waals surface area contributed by atoms with E-state index in [0.29, 0.717) is 17.9 Å². The van der Waals surface area contributed by atoms with Gasteiger partial charge in [0.1, 0.15) is 18.4 Å². The van der Waals surface area contributed by atoms with Crippen molar-refractivity contribution in [2.45, 2.75) is 6.54 Å². The second-order valence-electron chi connectivity index (χ2n) is 4.33. The predicted octanol–water partition coefficient (Wildman–Crippen LogP) is 2.45. The number of anilines is 1. The van der Waals surface area contributed by atoms with E-state index in [0.717, 1.165) is 22.8 Å². The van der Waals surface area contributed by atoms with E-state index in [4.69, 9.17) is 0 Å². The summed E-state index contributed by atoms with van der Waals surface area (Å²) in [6.45, 7) is 0.616. The number of pyridine rings is 1. The van der Waals surface area contributed by atoms with E-state index < -0.39 is 0 Å². The maximum atomic E-state index is 10.9. The molecule has 0 saturated carbocycles. The fourth-order valence-corrected chi connectivity index (χ4v) is 1.98. The van der Waals surface area contributed by atoms with Gasteiger partial charge in [-0.15, -0.1) is 0 Å². The number of aromatic nitrogens is 3. The van der Waals surface area contributed by atoms with E-state index in [1.54, 1.807) is 24.5 Å². The lowest BCUT2D eigenvalue weighted by Crippen LogP contribution is -2.03. The number of fused-ring (bicyclic) bond motifs is 1. The van der Waals surface area contributed by atoms with Gasteiger partial charge in [-0.25, -0.2) is 9.97 Å². The van der Waals surface area contributed by atoms with Crippen molar-refractivity contribution < 1.29 is 4.79 Å². The number of rotatable bonds is 4. The van der Waals surface area contributed by atoms with Crippen molar-refractivity contribution in [2.24, 2.45) is 0 Å². The number of nitrogens with one attached hydrogen (secondary N) is 1. The molecule has 2 aromatic heterocycles. The first-order chi connectivity index (χ1) is 9.86. The third kappa shape index (κ3) is 2.47. The standard InChI is InChI=1S/C15H12N4O/c20-9-11-3-4-14-13(6-11)15(19-10-18-14)17-8-12-2-1-5-16-7-12/h1-7,9-10H,8H2,(H,17,18,19). The summed E-state index contributed by atoms with van der Waals surface area (Å²) >= 11 is 0. The van der Waals surface area contributed by atoms with Gasteiger partial charge >= 0.3 is 0 Å². The average Bonchev–Trinajstić information content (AvgIpc) is 2.53. The number of carbonyl (C=O) groups is 1. The molecule has 5 heteroatoms. The molecule has 0 bridgehead atoms. The van der Waals surface area contributed by atoms with Crippen LogP contribution in [0, 0.1) is 0 Å². The SMILES string of the molecule is O=Cc1ccc2ncnc(NCc3cccnc3)c2c1. The third-order valence-electron chi connectivity index (χ3n) is 2.98. The zero-order valence-electron chi connectivity index (χ0n) is 10.7. The maximum absolute atomic E-state index is 10.9. The first-order valence-corrected chi connectivity index (χ1v) is 6.19. The molecule has 3 rings (SSSR count). The highest BCUT2D eigenvalue weighted by atomic mass is 16.1. The second-order valence-corrected chi connectivity index (χ2v) is 4.33. The van der Waals surface area contributed by atoms with Crippen molar-refractivity contribution in [3.63, 3.8) is 0 Å². The minimum absolute atomic E-state index is 0.608. The van der Waals surface area contributed by atoms with Gasteiger partial charge in [0, 0.05) is 29.9 Å². The number of carbonyl (C=O) groups excluding carboxylic acids is 1. The molecule has 0 spiro atoms. The monoisotopic (exact) mass is 264 g/mol. The number of hydrogen-bond donors (Lipinski definition) is 1. The minimum Gasteiger partial charge on any atom is -0.365 e. The molecular weight excluding hydrogens is 252 g/mol. The van der Waals surface area contributed by atoms with Crippen LogP contribution in [-0.2, 0) is 6.54 Å². The first-order valence-electron chi connectivity index (χ1n) is 6.19. The van der Waals surface area contributed by atoms with E-state index in [1.807, 2.05) is 18.2 Å². The molecule has 0 aliphatic heterocycles. The van der Waals surface area contributed by atoms with E-state index in [2.05, 4.69) is 20.3 Å². The first kappa shape index (κ1) is 12.2. The van der Waals surface area contributed by atoms with Crippen molar-refractivity contribution in [2.75, 3.05) is 5.32 Å². The Hall–Kier alpha value is -2.82. The Bertz CT molecular complexity index is 743. The molecule has 0 fully saturated rings. The van der Waals surface area contributed by atoms with Crippen LogP contribution in [0.2, 0.25) is 0 Å². The highest BCUT2D eigenvalue weighted by Gasteiger charge is 2.04. The topological polar surface area (TPSA) is 67.8 Å². The van der Waals surface area contributed by atoms with Gasteiger partial charge in [-0.1, -0.05) is 6.07 Å². The molecule has 20 heavy (non-hydrogen) atoms. The summed E-state index contributed by atoms with van der Waals surface area (Å²) < 4.78 is 0. The lowest BCUT2D eigenvalue weighted by Gasteiger charge is -2.08. The van der Waals surface area contributed by atoms with Gasteiger partial charge in [0.15, 0.2) is 0 Å². The van der Waals surface area contributed by atoms with Gasteiger partial charge in [-0.05, 0) is 29.8 Å². The molecule has 2 heterocycles. The Morgan fingerprint density at radius 2 is 2.15 bits per heavy atom. The summed E-state index contributed by atoms with van der Waals surface area (Å²) in [5, 5.41) is 4.08. The highest BCUT2D eigenvalue weighted by molar-refractivity contribution is 5.93. The van der Waals surface area contributed by atoms with Crippen LogP contribution < -0.4 is 5.32 Å². The Kier molecular flexibility index (Phi) is 3.33. The van der Waals surface area contributed by atoms with Gasteiger partial charge in [0.2, 0.25) is 0 Å². The van der Waals surface area contributed by atoms with Gasteiger partial charge in [0.25, 0.3) is 0 Å². The van der Waals surface area contributed by atoms with E-state index >= 15 is 0 Å². The number of nitrogens with zero attached hydrogens (tertiary/aromatic N) is 3. The molecule has 0 saturated heterocycles. The predicted molar refractivity (Wildman–Crippen MR) is 76.5 cm³/mol. The Balaban J connectivity index is 1.92. The molecule has 0 atom stereocenters.